The molecule has 10 heteroatoms. The van der Waals surface area contributed by atoms with E-state index in [1.807, 2.05) is 21.1 Å². The Morgan fingerprint density at radius 1 is 0.517 bits per heavy atom. The summed E-state index contributed by atoms with van der Waals surface area (Å²) in [5.41, 5.74) is 0. The predicted molar refractivity (Wildman–Crippen MR) is 243 cm³/mol. The number of rotatable bonds is 43. The number of carbonyl (C=O) groups is 2. The van der Waals surface area contributed by atoms with E-state index >= 15 is 0 Å². The van der Waals surface area contributed by atoms with Crippen molar-refractivity contribution in [3.63, 3.8) is 0 Å². The lowest BCUT2D eigenvalue weighted by atomic mass is 10.0. The lowest BCUT2D eigenvalue weighted by molar-refractivity contribution is -0.870. The van der Waals surface area contributed by atoms with Gasteiger partial charge in [-0.2, -0.15) is 0 Å². The fourth-order valence-electron chi connectivity index (χ4n) is 6.37. The van der Waals surface area contributed by atoms with Crippen LogP contribution < -0.4 is 0 Å². The van der Waals surface area contributed by atoms with Crippen molar-refractivity contribution in [3.05, 3.63) is 36.5 Å². The van der Waals surface area contributed by atoms with Gasteiger partial charge in [-0.25, -0.2) is 4.57 Å². The van der Waals surface area contributed by atoms with Gasteiger partial charge in [0, 0.05) is 12.8 Å². The number of esters is 2. The monoisotopic (exact) mass is 841 g/mol. The maximum absolute atomic E-state index is 12.6. The summed E-state index contributed by atoms with van der Waals surface area (Å²) in [5.74, 6) is -0.857. The van der Waals surface area contributed by atoms with Crippen molar-refractivity contribution in [1.82, 2.24) is 0 Å². The largest absolute Gasteiger partial charge is 0.472 e. The van der Waals surface area contributed by atoms with E-state index < -0.39 is 32.5 Å². The van der Waals surface area contributed by atoms with Crippen LogP contribution in [0.5, 0.6) is 0 Å². The Labute approximate surface area is 357 Å². The molecule has 58 heavy (non-hydrogen) atoms. The van der Waals surface area contributed by atoms with Crippen molar-refractivity contribution in [3.8, 4) is 0 Å². The molecule has 0 aliphatic rings. The molecule has 0 aromatic heterocycles. The van der Waals surface area contributed by atoms with Crippen LogP contribution in [0.15, 0.2) is 36.5 Å². The fourth-order valence-corrected chi connectivity index (χ4v) is 7.11. The van der Waals surface area contributed by atoms with Gasteiger partial charge in [-0.15, -0.1) is 0 Å². The number of likely N-dealkylation sites (N-methyl/N-ethyl adjacent to an activating group) is 1. The highest BCUT2D eigenvalue weighted by Crippen LogP contribution is 2.43. The standard InChI is InChI=1S/C48H90NO8P/c1-6-8-10-12-14-16-18-19-20-21-22-23-24-25-26-27-28-29-31-32-34-36-38-40-47(50)54-44-46(45-56-58(52,53)55-43-42-49(3,4)5)57-48(51)41-39-37-35-33-30-17-15-13-11-9-7-2/h13,15,27-28,32,34,46H,6-12,14,16-26,29-31,33,35-45H2,1-5H3/p+1/b15-13+,28-27+,34-32+/t46-/m0/s1. The van der Waals surface area contributed by atoms with Crippen LogP contribution in [0.3, 0.4) is 0 Å². The molecule has 0 saturated heterocycles. The summed E-state index contributed by atoms with van der Waals surface area (Å²) in [6, 6.07) is 0. The third-order valence-electron chi connectivity index (χ3n) is 10.1. The summed E-state index contributed by atoms with van der Waals surface area (Å²) in [6.07, 6.45) is 46.5. The molecular formula is C48H91NO8P+. The van der Waals surface area contributed by atoms with Gasteiger partial charge >= 0.3 is 19.8 Å². The van der Waals surface area contributed by atoms with E-state index in [2.05, 4.69) is 50.3 Å². The molecule has 1 N–H and O–H groups in total. The molecule has 0 aliphatic heterocycles. The molecule has 0 bridgehead atoms. The number of phosphoric acid groups is 1. The Kier molecular flexibility index (Phi) is 39.4. The topological polar surface area (TPSA) is 108 Å². The van der Waals surface area contributed by atoms with Gasteiger partial charge in [0.2, 0.25) is 0 Å². The third kappa shape index (κ3) is 43.8. The van der Waals surface area contributed by atoms with Crippen molar-refractivity contribution >= 4 is 19.8 Å². The zero-order valence-electron chi connectivity index (χ0n) is 38.3. The number of hydrogen-bond acceptors (Lipinski definition) is 7. The molecule has 0 radical (unpaired) electrons. The average molecular weight is 841 g/mol. The van der Waals surface area contributed by atoms with E-state index in [1.165, 1.54) is 103 Å². The predicted octanol–water partition coefficient (Wildman–Crippen LogP) is 13.7. The van der Waals surface area contributed by atoms with Crippen molar-refractivity contribution < 1.29 is 42.1 Å². The van der Waals surface area contributed by atoms with E-state index in [0.29, 0.717) is 23.9 Å². The van der Waals surface area contributed by atoms with Crippen LogP contribution in [-0.4, -0.2) is 74.9 Å². The lowest BCUT2D eigenvalue weighted by Crippen LogP contribution is -2.37. The summed E-state index contributed by atoms with van der Waals surface area (Å²) in [6.45, 7) is 4.34. The van der Waals surface area contributed by atoms with E-state index in [0.717, 1.165) is 64.2 Å². The molecule has 0 aliphatic carbocycles. The molecular weight excluding hydrogens is 750 g/mol. The summed E-state index contributed by atoms with van der Waals surface area (Å²) >= 11 is 0. The van der Waals surface area contributed by atoms with Crippen LogP contribution in [0.4, 0.5) is 0 Å². The first kappa shape index (κ1) is 56.2. The van der Waals surface area contributed by atoms with Gasteiger partial charge in [0.25, 0.3) is 0 Å². The van der Waals surface area contributed by atoms with Crippen LogP contribution in [0.1, 0.15) is 206 Å². The fraction of sp³-hybridized carbons (Fsp3) is 0.833. The normalized spacial score (nSPS) is 13.8. The highest BCUT2D eigenvalue weighted by Gasteiger charge is 2.27. The van der Waals surface area contributed by atoms with Crippen molar-refractivity contribution in [2.45, 2.75) is 213 Å². The first-order valence-corrected chi connectivity index (χ1v) is 25.2. The SMILES string of the molecule is CCCC/C=C/CCCCCCCC(=O)O[C@@H](COC(=O)CCC/C=C/CC/C=C/CCCCCCCCCCCCCCCC)COP(=O)(O)OCC[N+](C)(C)C. The van der Waals surface area contributed by atoms with Gasteiger partial charge in [0.1, 0.15) is 19.8 Å². The van der Waals surface area contributed by atoms with Crippen LogP contribution in [-0.2, 0) is 32.7 Å². The Bertz CT molecular complexity index is 1090. The summed E-state index contributed by atoms with van der Waals surface area (Å²) in [4.78, 5) is 35.3. The van der Waals surface area contributed by atoms with E-state index in [9.17, 15) is 19.0 Å². The third-order valence-corrected chi connectivity index (χ3v) is 11.1. The maximum Gasteiger partial charge on any atom is 0.472 e. The Balaban J connectivity index is 4.26. The first-order valence-electron chi connectivity index (χ1n) is 23.7. The molecule has 1 unspecified atom stereocenters. The first-order chi connectivity index (χ1) is 28.0. The minimum Gasteiger partial charge on any atom is -0.462 e. The zero-order valence-corrected chi connectivity index (χ0v) is 39.2. The van der Waals surface area contributed by atoms with E-state index in [1.54, 1.807) is 0 Å². The van der Waals surface area contributed by atoms with Crippen LogP contribution in [0.2, 0.25) is 0 Å². The van der Waals surface area contributed by atoms with Crippen LogP contribution in [0.25, 0.3) is 0 Å². The number of carbonyl (C=O) groups excluding carboxylic acids is 2. The second-order valence-corrected chi connectivity index (χ2v) is 18.6. The summed E-state index contributed by atoms with van der Waals surface area (Å²) in [7, 11) is 1.45. The Hall–Kier alpha value is -1.77. The Morgan fingerprint density at radius 2 is 0.931 bits per heavy atom. The van der Waals surface area contributed by atoms with Gasteiger partial charge < -0.3 is 18.9 Å². The summed E-state index contributed by atoms with van der Waals surface area (Å²) < 4.78 is 34.2. The number of hydrogen-bond donors (Lipinski definition) is 1. The zero-order chi connectivity index (χ0) is 42.8. The molecule has 0 fully saturated rings. The van der Waals surface area contributed by atoms with E-state index in [-0.39, 0.29) is 26.1 Å². The quantitative estimate of drug-likeness (QED) is 0.0213. The number of phosphoric ester groups is 1. The van der Waals surface area contributed by atoms with Crippen LogP contribution in [0, 0.1) is 0 Å². The van der Waals surface area contributed by atoms with Crippen molar-refractivity contribution in [2.24, 2.45) is 0 Å². The molecule has 340 valence electrons. The smallest absolute Gasteiger partial charge is 0.462 e. The summed E-state index contributed by atoms with van der Waals surface area (Å²) in [5, 5.41) is 0. The maximum atomic E-state index is 12.6. The molecule has 0 heterocycles. The molecule has 0 rings (SSSR count). The van der Waals surface area contributed by atoms with Gasteiger partial charge in [-0.3, -0.25) is 18.6 Å². The lowest BCUT2D eigenvalue weighted by Gasteiger charge is -2.24. The highest BCUT2D eigenvalue weighted by molar-refractivity contribution is 7.47. The molecule has 0 aromatic carbocycles. The second kappa shape index (κ2) is 40.6. The number of nitrogens with zero attached hydrogens (tertiary/aromatic N) is 1. The number of allylic oxidation sites excluding steroid dienone is 6. The molecule has 0 aromatic rings. The van der Waals surface area contributed by atoms with Crippen molar-refractivity contribution in [1.29, 1.82) is 0 Å². The molecule has 0 amide bonds. The minimum absolute atomic E-state index is 0.0244. The highest BCUT2D eigenvalue weighted by atomic mass is 31.2. The molecule has 9 nitrogen and oxygen atoms in total. The molecule has 2 atom stereocenters. The number of ether oxygens (including phenoxy) is 2. The van der Waals surface area contributed by atoms with E-state index in [4.69, 9.17) is 18.5 Å². The average Bonchev–Trinajstić information content (AvgIpc) is 3.17. The van der Waals surface area contributed by atoms with Gasteiger partial charge in [-0.1, -0.05) is 166 Å². The van der Waals surface area contributed by atoms with Gasteiger partial charge in [0.05, 0.1) is 27.7 Å². The molecule has 0 saturated carbocycles. The number of unbranched alkanes of at least 4 members (excludes halogenated alkanes) is 23. The van der Waals surface area contributed by atoms with Gasteiger partial charge in [-0.05, 0) is 64.2 Å². The number of quaternary nitrogens is 1. The van der Waals surface area contributed by atoms with Crippen molar-refractivity contribution in [2.75, 3.05) is 47.5 Å². The Morgan fingerprint density at radius 3 is 1.43 bits per heavy atom. The van der Waals surface area contributed by atoms with Gasteiger partial charge in [0.15, 0.2) is 6.10 Å². The second-order valence-electron chi connectivity index (χ2n) is 17.1. The van der Waals surface area contributed by atoms with Crippen LogP contribution >= 0.6 is 7.82 Å². The minimum atomic E-state index is -4.38. The molecule has 0 spiro atoms.